The number of anilines is 1. The molecule has 7 nitrogen and oxygen atoms in total. The minimum absolute atomic E-state index is 0.417. The first-order chi connectivity index (χ1) is 17.0. The van der Waals surface area contributed by atoms with E-state index >= 15 is 0 Å². The fraction of sp³-hybridized carbons (Fsp3) is 0.357. The van der Waals surface area contributed by atoms with Crippen molar-refractivity contribution in [2.45, 2.75) is 32.7 Å². The molecule has 184 valence electrons. The summed E-state index contributed by atoms with van der Waals surface area (Å²) in [5.74, 6) is -0.0677. The van der Waals surface area contributed by atoms with E-state index in [1.54, 1.807) is 12.3 Å². The van der Waals surface area contributed by atoms with Crippen molar-refractivity contribution in [3.05, 3.63) is 71.6 Å². The molecule has 0 amide bonds. The number of unbranched alkanes of at least 4 members (excludes halogenated alkanes) is 1. The number of ether oxygens (including phenoxy) is 2. The van der Waals surface area contributed by atoms with Crippen molar-refractivity contribution in [3.63, 3.8) is 0 Å². The lowest BCUT2D eigenvalue weighted by Gasteiger charge is -2.25. The van der Waals surface area contributed by atoms with Crippen molar-refractivity contribution in [2.75, 3.05) is 31.3 Å². The van der Waals surface area contributed by atoms with Crippen LogP contribution < -0.4 is 9.64 Å². The summed E-state index contributed by atoms with van der Waals surface area (Å²) in [7, 11) is 1.92. The molecule has 0 saturated carbocycles. The number of hydrogen-bond acceptors (Lipinski definition) is 5. The summed E-state index contributed by atoms with van der Waals surface area (Å²) in [5.41, 5.74) is 5.50. The van der Waals surface area contributed by atoms with E-state index in [0.29, 0.717) is 38.3 Å². The van der Waals surface area contributed by atoms with Gasteiger partial charge in [-0.2, -0.15) is 5.10 Å². The van der Waals surface area contributed by atoms with Gasteiger partial charge in [0.2, 0.25) is 0 Å². The number of fused-ring (bicyclic) bond motifs is 1. The van der Waals surface area contributed by atoms with E-state index in [9.17, 15) is 9.90 Å². The largest absolute Gasteiger partial charge is 0.491 e. The molecule has 1 aromatic heterocycles. The van der Waals surface area contributed by atoms with E-state index in [4.69, 9.17) is 9.47 Å². The third-order valence-corrected chi connectivity index (χ3v) is 6.23. The van der Waals surface area contributed by atoms with E-state index < -0.39 is 5.97 Å². The van der Waals surface area contributed by atoms with Gasteiger partial charge in [-0.05, 0) is 65.9 Å². The maximum atomic E-state index is 11.8. The molecule has 0 saturated heterocycles. The number of carboxylic acid groups (broad SMARTS) is 1. The molecule has 2 aromatic carbocycles. The lowest BCUT2D eigenvalue weighted by molar-refractivity contribution is -0.132. The molecule has 0 radical (unpaired) electrons. The Morgan fingerprint density at radius 3 is 2.57 bits per heavy atom. The fourth-order valence-corrected chi connectivity index (χ4v) is 4.17. The van der Waals surface area contributed by atoms with E-state index in [0.717, 1.165) is 53.3 Å². The molecule has 0 unspecified atom stereocenters. The van der Waals surface area contributed by atoms with Gasteiger partial charge in [0.25, 0.3) is 0 Å². The summed E-state index contributed by atoms with van der Waals surface area (Å²) >= 11 is 0. The molecule has 0 bridgehead atoms. The SMILES string of the molecule is CCCCOCCOc1ccc(-c2ccc3c(c2)C=C(C(=O)O)CCN3Cc2ccnn2C)cc1. The van der Waals surface area contributed by atoms with Gasteiger partial charge in [0.15, 0.2) is 0 Å². The average Bonchev–Trinajstić information content (AvgIpc) is 3.17. The van der Waals surface area contributed by atoms with Gasteiger partial charge >= 0.3 is 5.97 Å². The number of aliphatic carboxylic acids is 1. The molecule has 0 fully saturated rings. The molecule has 0 spiro atoms. The Morgan fingerprint density at radius 1 is 1.06 bits per heavy atom. The minimum atomic E-state index is -0.871. The normalized spacial score (nSPS) is 13.2. The van der Waals surface area contributed by atoms with E-state index in [1.807, 2.05) is 42.1 Å². The van der Waals surface area contributed by atoms with Crippen LogP contribution in [0.3, 0.4) is 0 Å². The van der Waals surface area contributed by atoms with Crippen molar-refractivity contribution in [1.29, 1.82) is 0 Å². The topological polar surface area (TPSA) is 76.8 Å². The highest BCUT2D eigenvalue weighted by Crippen LogP contribution is 2.33. The first-order valence-corrected chi connectivity index (χ1v) is 12.2. The molecule has 0 aliphatic carbocycles. The second-order valence-corrected chi connectivity index (χ2v) is 8.70. The van der Waals surface area contributed by atoms with Crippen LogP contribution in [0.15, 0.2) is 60.3 Å². The van der Waals surface area contributed by atoms with Crippen molar-refractivity contribution >= 4 is 17.7 Å². The summed E-state index contributed by atoms with van der Waals surface area (Å²) in [4.78, 5) is 14.0. The summed E-state index contributed by atoms with van der Waals surface area (Å²) in [6.45, 7) is 5.32. The zero-order valence-electron chi connectivity index (χ0n) is 20.4. The highest BCUT2D eigenvalue weighted by molar-refractivity contribution is 5.94. The Kier molecular flexibility index (Phi) is 8.21. The van der Waals surface area contributed by atoms with Crippen LogP contribution in [0.25, 0.3) is 17.2 Å². The van der Waals surface area contributed by atoms with Gasteiger partial charge in [0.1, 0.15) is 12.4 Å². The Balaban J connectivity index is 1.51. The zero-order chi connectivity index (χ0) is 24.6. The number of carboxylic acids is 1. The molecular formula is C28H33N3O4. The van der Waals surface area contributed by atoms with E-state index in [1.165, 1.54) is 0 Å². The summed E-state index contributed by atoms with van der Waals surface area (Å²) in [6, 6.07) is 16.2. The van der Waals surface area contributed by atoms with Crippen LogP contribution in [0.4, 0.5) is 5.69 Å². The number of benzene rings is 2. The predicted octanol–water partition coefficient (Wildman–Crippen LogP) is 5.16. The molecule has 1 aliphatic heterocycles. The maximum absolute atomic E-state index is 11.8. The van der Waals surface area contributed by atoms with Crippen molar-refractivity contribution in [3.8, 4) is 16.9 Å². The standard InChI is InChI=1S/C28H33N3O4/c1-3-4-15-34-16-17-35-26-8-5-21(6-9-26)22-7-10-27-24(18-22)19-23(28(32)33)12-14-31(27)20-25-11-13-29-30(25)2/h5-11,13,18-19H,3-4,12,14-17,20H2,1-2H3,(H,32,33). The monoisotopic (exact) mass is 475 g/mol. The van der Waals surface area contributed by atoms with Gasteiger partial charge in [-0.1, -0.05) is 31.5 Å². The summed E-state index contributed by atoms with van der Waals surface area (Å²) in [6.07, 6.45) is 6.26. The van der Waals surface area contributed by atoms with Crippen molar-refractivity contribution in [2.24, 2.45) is 7.05 Å². The Hall–Kier alpha value is -3.58. The summed E-state index contributed by atoms with van der Waals surface area (Å²) in [5, 5.41) is 14.0. The second-order valence-electron chi connectivity index (χ2n) is 8.70. The molecule has 35 heavy (non-hydrogen) atoms. The Bertz CT molecular complexity index is 1170. The minimum Gasteiger partial charge on any atom is -0.491 e. The van der Waals surface area contributed by atoms with Gasteiger partial charge in [-0.3, -0.25) is 4.68 Å². The van der Waals surface area contributed by atoms with Gasteiger partial charge < -0.3 is 19.5 Å². The van der Waals surface area contributed by atoms with Crippen molar-refractivity contribution in [1.82, 2.24) is 9.78 Å². The van der Waals surface area contributed by atoms with Crippen molar-refractivity contribution < 1.29 is 19.4 Å². The molecular weight excluding hydrogens is 442 g/mol. The van der Waals surface area contributed by atoms with Crippen LogP contribution in [-0.4, -0.2) is 47.2 Å². The second kappa shape index (κ2) is 11.7. The number of nitrogens with zero attached hydrogens (tertiary/aromatic N) is 3. The number of carbonyl (C=O) groups is 1. The predicted molar refractivity (Wildman–Crippen MR) is 138 cm³/mol. The van der Waals surface area contributed by atoms with E-state index in [-0.39, 0.29) is 0 Å². The first kappa shape index (κ1) is 24.5. The van der Waals surface area contributed by atoms with Gasteiger partial charge in [0, 0.05) is 37.7 Å². The van der Waals surface area contributed by atoms with Crippen LogP contribution in [-0.2, 0) is 23.1 Å². The molecule has 4 rings (SSSR count). The fourth-order valence-electron chi connectivity index (χ4n) is 4.17. The Labute approximate surface area is 206 Å². The van der Waals surface area contributed by atoms with Gasteiger partial charge in [0.05, 0.1) is 18.8 Å². The highest BCUT2D eigenvalue weighted by Gasteiger charge is 2.20. The quantitative estimate of drug-likeness (QED) is 0.386. The molecule has 1 aliphatic rings. The highest BCUT2D eigenvalue weighted by atomic mass is 16.5. The van der Waals surface area contributed by atoms with E-state index in [2.05, 4.69) is 35.1 Å². The number of aromatic nitrogens is 2. The molecule has 1 N–H and O–H groups in total. The maximum Gasteiger partial charge on any atom is 0.331 e. The smallest absolute Gasteiger partial charge is 0.331 e. The van der Waals surface area contributed by atoms with Gasteiger partial charge in [-0.25, -0.2) is 4.79 Å². The zero-order valence-corrected chi connectivity index (χ0v) is 20.4. The number of hydrogen-bond donors (Lipinski definition) is 1. The molecule has 7 heteroatoms. The van der Waals surface area contributed by atoms with Crippen LogP contribution in [0.2, 0.25) is 0 Å². The van der Waals surface area contributed by atoms with Crippen LogP contribution >= 0.6 is 0 Å². The van der Waals surface area contributed by atoms with Crippen LogP contribution in [0, 0.1) is 0 Å². The third-order valence-electron chi connectivity index (χ3n) is 6.23. The Morgan fingerprint density at radius 2 is 1.86 bits per heavy atom. The summed E-state index contributed by atoms with van der Waals surface area (Å²) < 4.78 is 13.2. The average molecular weight is 476 g/mol. The first-order valence-electron chi connectivity index (χ1n) is 12.2. The lowest BCUT2D eigenvalue weighted by Crippen LogP contribution is -2.25. The van der Waals surface area contributed by atoms with Gasteiger partial charge in [-0.15, -0.1) is 0 Å². The van der Waals surface area contributed by atoms with Crippen LogP contribution in [0.5, 0.6) is 5.75 Å². The lowest BCUT2D eigenvalue weighted by atomic mass is 10.00. The molecule has 0 atom stereocenters. The van der Waals surface area contributed by atoms with Crippen LogP contribution in [0.1, 0.15) is 37.4 Å². The number of aryl methyl sites for hydroxylation is 1. The third kappa shape index (κ3) is 6.31. The molecule has 3 aromatic rings. The molecule has 2 heterocycles. The number of rotatable bonds is 11.